The van der Waals surface area contributed by atoms with Crippen LogP contribution >= 0.6 is 11.8 Å². The van der Waals surface area contributed by atoms with Crippen LogP contribution in [0.5, 0.6) is 5.75 Å². The lowest BCUT2D eigenvalue weighted by Crippen LogP contribution is -2.10. The molecule has 0 N–H and O–H groups in total. The summed E-state index contributed by atoms with van der Waals surface area (Å²) in [5.41, 5.74) is 3.96. The Balaban J connectivity index is 2.23. The molecule has 2 heterocycles. The quantitative estimate of drug-likeness (QED) is 0.513. The number of thioether (sulfide) groups is 1. The first-order chi connectivity index (χ1) is 12.1. The van der Waals surface area contributed by atoms with E-state index < -0.39 is 5.97 Å². The van der Waals surface area contributed by atoms with Gasteiger partial charge in [-0.1, -0.05) is 6.07 Å². The van der Waals surface area contributed by atoms with Crippen LogP contribution in [0.2, 0.25) is 0 Å². The van der Waals surface area contributed by atoms with Crippen LogP contribution in [-0.2, 0) is 4.74 Å². The van der Waals surface area contributed by atoms with E-state index in [1.807, 2.05) is 37.4 Å². The molecule has 2 aromatic heterocycles. The lowest BCUT2D eigenvalue weighted by Gasteiger charge is -2.09. The molecule has 0 fully saturated rings. The van der Waals surface area contributed by atoms with Gasteiger partial charge in [0.05, 0.1) is 13.7 Å². The van der Waals surface area contributed by atoms with Crippen LogP contribution < -0.4 is 4.74 Å². The Morgan fingerprint density at radius 1 is 1.28 bits per heavy atom. The number of fused-ring (bicyclic) bond motifs is 1. The molecule has 0 spiro atoms. The highest BCUT2D eigenvalue weighted by molar-refractivity contribution is 7.98. The highest BCUT2D eigenvalue weighted by Gasteiger charge is 2.23. The van der Waals surface area contributed by atoms with Gasteiger partial charge in [0.2, 0.25) is 0 Å². The van der Waals surface area contributed by atoms with Gasteiger partial charge >= 0.3 is 5.97 Å². The van der Waals surface area contributed by atoms with Gasteiger partial charge in [0.25, 0.3) is 0 Å². The van der Waals surface area contributed by atoms with E-state index in [0.29, 0.717) is 23.0 Å². The minimum atomic E-state index is -0.421. The molecule has 7 heteroatoms. The maximum atomic E-state index is 12.3. The minimum absolute atomic E-state index is 0.303. The summed E-state index contributed by atoms with van der Waals surface area (Å²) in [4.78, 5) is 17.0. The van der Waals surface area contributed by atoms with Gasteiger partial charge < -0.3 is 9.47 Å². The van der Waals surface area contributed by atoms with Crippen molar-refractivity contribution in [2.45, 2.75) is 18.9 Å². The maximum Gasteiger partial charge on any atom is 0.359 e. The molecule has 0 aliphatic carbocycles. The van der Waals surface area contributed by atoms with E-state index in [1.165, 1.54) is 11.8 Å². The number of benzene rings is 1. The average Bonchev–Trinajstić information content (AvgIpc) is 3.00. The molecule has 3 aromatic rings. The lowest BCUT2D eigenvalue weighted by molar-refractivity contribution is 0.0512. The fourth-order valence-corrected chi connectivity index (χ4v) is 3.26. The fourth-order valence-electron chi connectivity index (χ4n) is 2.72. The minimum Gasteiger partial charge on any atom is -0.497 e. The van der Waals surface area contributed by atoms with Gasteiger partial charge in [-0.05, 0) is 49.4 Å². The summed E-state index contributed by atoms with van der Waals surface area (Å²) in [6.07, 6.45) is 3.54. The van der Waals surface area contributed by atoms with Crippen molar-refractivity contribution in [2.75, 3.05) is 20.0 Å². The van der Waals surface area contributed by atoms with Crippen molar-refractivity contribution in [3.63, 3.8) is 0 Å². The average molecular weight is 357 g/mol. The zero-order valence-electron chi connectivity index (χ0n) is 14.6. The summed E-state index contributed by atoms with van der Waals surface area (Å²) in [7, 11) is 1.64. The van der Waals surface area contributed by atoms with Gasteiger partial charge in [0.15, 0.2) is 11.3 Å². The van der Waals surface area contributed by atoms with Crippen LogP contribution in [0, 0.1) is 6.92 Å². The third kappa shape index (κ3) is 3.07. The van der Waals surface area contributed by atoms with Crippen LogP contribution in [0.1, 0.15) is 23.0 Å². The largest absolute Gasteiger partial charge is 0.497 e. The predicted molar refractivity (Wildman–Crippen MR) is 97.4 cm³/mol. The monoisotopic (exact) mass is 357 g/mol. The molecule has 0 amide bonds. The Hall–Kier alpha value is -2.54. The molecule has 1 aromatic carbocycles. The van der Waals surface area contributed by atoms with E-state index in [2.05, 4.69) is 10.1 Å². The first-order valence-electron chi connectivity index (χ1n) is 7.84. The summed E-state index contributed by atoms with van der Waals surface area (Å²) < 4.78 is 12.0. The van der Waals surface area contributed by atoms with Gasteiger partial charge in [-0.15, -0.1) is 11.8 Å². The molecule has 0 saturated carbocycles. The SMILES string of the molecule is CCOC(=O)c1c(SC)nc2c(-c3ccc(OC)cc3C)ccnn12. The van der Waals surface area contributed by atoms with E-state index in [4.69, 9.17) is 9.47 Å². The topological polar surface area (TPSA) is 65.7 Å². The van der Waals surface area contributed by atoms with Gasteiger partial charge in [-0.3, -0.25) is 0 Å². The molecule has 0 aliphatic rings. The van der Waals surface area contributed by atoms with Crippen molar-refractivity contribution in [2.24, 2.45) is 0 Å². The smallest absolute Gasteiger partial charge is 0.359 e. The molecular weight excluding hydrogens is 338 g/mol. The van der Waals surface area contributed by atoms with Gasteiger partial charge in [0, 0.05) is 11.8 Å². The number of imidazole rings is 1. The van der Waals surface area contributed by atoms with Gasteiger partial charge in [0.1, 0.15) is 10.8 Å². The highest BCUT2D eigenvalue weighted by atomic mass is 32.2. The fraction of sp³-hybridized carbons (Fsp3) is 0.278. The standard InChI is InChI=1S/C18H19N3O3S/c1-5-24-18(22)15-17(25-4)20-16-14(8-9-19-21(15)16)13-7-6-12(23-3)10-11(13)2/h6-10H,5H2,1-4H3. The van der Waals surface area contributed by atoms with Crippen molar-refractivity contribution in [1.29, 1.82) is 0 Å². The summed E-state index contributed by atoms with van der Waals surface area (Å²) in [5.74, 6) is 0.377. The summed E-state index contributed by atoms with van der Waals surface area (Å²) in [5, 5.41) is 4.92. The highest BCUT2D eigenvalue weighted by Crippen LogP contribution is 2.32. The lowest BCUT2D eigenvalue weighted by atomic mass is 10.0. The number of esters is 1. The number of aromatic nitrogens is 3. The van der Waals surface area contributed by atoms with Crippen molar-refractivity contribution in [3.05, 3.63) is 41.7 Å². The molecule has 6 nitrogen and oxygen atoms in total. The van der Waals surface area contributed by atoms with Gasteiger partial charge in [-0.25, -0.2) is 14.3 Å². The Labute approximate surface area is 150 Å². The Morgan fingerprint density at radius 3 is 2.72 bits per heavy atom. The van der Waals surface area contributed by atoms with E-state index >= 15 is 0 Å². The second-order valence-electron chi connectivity index (χ2n) is 5.35. The first-order valence-corrected chi connectivity index (χ1v) is 9.07. The number of aryl methyl sites for hydroxylation is 1. The molecule has 130 valence electrons. The van der Waals surface area contributed by atoms with Crippen LogP contribution in [0.3, 0.4) is 0 Å². The van der Waals surface area contributed by atoms with E-state index in [1.54, 1.807) is 24.7 Å². The molecule has 3 rings (SSSR count). The molecule has 0 radical (unpaired) electrons. The van der Waals surface area contributed by atoms with Crippen LogP contribution in [0.25, 0.3) is 16.8 Å². The number of hydrogen-bond acceptors (Lipinski definition) is 6. The molecule has 25 heavy (non-hydrogen) atoms. The Bertz CT molecular complexity index is 937. The molecule has 0 aliphatic heterocycles. The zero-order valence-corrected chi connectivity index (χ0v) is 15.4. The van der Waals surface area contributed by atoms with E-state index in [-0.39, 0.29) is 0 Å². The third-order valence-corrected chi connectivity index (χ3v) is 4.54. The summed E-state index contributed by atoms with van der Waals surface area (Å²) in [6, 6.07) is 7.76. The number of carbonyl (C=O) groups excluding carboxylic acids is 1. The van der Waals surface area contributed by atoms with Crippen LogP contribution in [0.15, 0.2) is 35.5 Å². The van der Waals surface area contributed by atoms with E-state index in [9.17, 15) is 4.79 Å². The number of carbonyl (C=O) groups is 1. The second-order valence-corrected chi connectivity index (χ2v) is 6.15. The van der Waals surface area contributed by atoms with E-state index in [0.717, 1.165) is 22.4 Å². The second kappa shape index (κ2) is 7.14. The van der Waals surface area contributed by atoms with Crippen molar-refractivity contribution in [1.82, 2.24) is 14.6 Å². The maximum absolute atomic E-state index is 12.3. The number of methoxy groups -OCH3 is 1. The van der Waals surface area contributed by atoms with Crippen molar-refractivity contribution < 1.29 is 14.3 Å². The third-order valence-electron chi connectivity index (χ3n) is 3.87. The zero-order chi connectivity index (χ0) is 18.0. The van der Waals surface area contributed by atoms with Crippen LogP contribution in [0.4, 0.5) is 0 Å². The molecule has 0 unspecified atom stereocenters. The normalized spacial score (nSPS) is 10.9. The molecule has 0 bridgehead atoms. The number of nitrogens with zero attached hydrogens (tertiary/aromatic N) is 3. The van der Waals surface area contributed by atoms with Crippen molar-refractivity contribution in [3.8, 4) is 16.9 Å². The number of hydrogen-bond donors (Lipinski definition) is 0. The molecular formula is C18H19N3O3S. The first kappa shape index (κ1) is 17.3. The van der Waals surface area contributed by atoms with Crippen LogP contribution in [-0.4, -0.2) is 40.5 Å². The number of ether oxygens (including phenoxy) is 2. The van der Waals surface area contributed by atoms with Crippen molar-refractivity contribution >= 4 is 23.4 Å². The molecule has 0 atom stereocenters. The Morgan fingerprint density at radius 2 is 2.08 bits per heavy atom. The predicted octanol–water partition coefficient (Wildman–Crippen LogP) is 3.61. The van der Waals surface area contributed by atoms with Gasteiger partial charge in [-0.2, -0.15) is 5.10 Å². The molecule has 0 saturated heterocycles. The summed E-state index contributed by atoms with van der Waals surface area (Å²) in [6.45, 7) is 4.09. The summed E-state index contributed by atoms with van der Waals surface area (Å²) >= 11 is 1.40. The Kier molecular flexibility index (Phi) is 4.94. The number of rotatable bonds is 5.